The summed E-state index contributed by atoms with van der Waals surface area (Å²) in [6.07, 6.45) is -1.06. The van der Waals surface area contributed by atoms with Crippen molar-refractivity contribution in [3.8, 4) is 11.4 Å². The van der Waals surface area contributed by atoms with E-state index in [2.05, 4.69) is 19.9 Å². The summed E-state index contributed by atoms with van der Waals surface area (Å²) >= 11 is 0. The number of allylic oxidation sites excluding steroid dienone is 1. The van der Waals surface area contributed by atoms with Crippen molar-refractivity contribution in [1.29, 1.82) is 0 Å². The molecule has 0 aromatic carbocycles. The first-order valence-electron chi connectivity index (χ1n) is 8.55. The predicted octanol–water partition coefficient (Wildman–Crippen LogP) is 2.27. The minimum absolute atomic E-state index is 0.0178. The van der Waals surface area contributed by atoms with E-state index in [-0.39, 0.29) is 24.6 Å². The molecule has 0 bridgehead atoms. The van der Waals surface area contributed by atoms with Crippen LogP contribution in [0.25, 0.3) is 17.5 Å². The highest BCUT2D eigenvalue weighted by Gasteiger charge is 2.45. The van der Waals surface area contributed by atoms with Gasteiger partial charge in [0.2, 0.25) is 5.71 Å². The number of piperidine rings is 1. The quantitative estimate of drug-likeness (QED) is 0.595. The number of H-pyrrole nitrogens is 1. The molecule has 0 amide bonds. The average Bonchev–Trinajstić information content (AvgIpc) is 3.14. The standard InChI is InChI=1S/C17H17F5N6/c18-16(19)10(23)4-5-14-24-8-12(27-14)11-7-15(26-9-25-11)28-6-2-1-3-13(28)17(20,21)22/h4-5,7-9,13,16,23H,1-3,6H2,(H,24,27)/p+1/b5-4-,23-10?. The number of anilines is 1. The normalized spacial score (nSPS) is 18.2. The molecule has 0 spiro atoms. The fraction of sp³-hybridized carbons (Fsp3) is 0.412. The lowest BCUT2D eigenvalue weighted by Crippen LogP contribution is -2.49. The molecule has 2 aromatic heterocycles. The maximum atomic E-state index is 13.3. The van der Waals surface area contributed by atoms with Crippen molar-refractivity contribution >= 4 is 17.6 Å². The van der Waals surface area contributed by atoms with E-state index in [0.717, 1.165) is 6.08 Å². The van der Waals surface area contributed by atoms with Gasteiger partial charge in [0, 0.05) is 18.7 Å². The first-order valence-corrected chi connectivity index (χ1v) is 8.55. The Kier molecular flexibility index (Phi) is 5.71. The summed E-state index contributed by atoms with van der Waals surface area (Å²) in [7, 11) is 0. The van der Waals surface area contributed by atoms with E-state index in [9.17, 15) is 22.0 Å². The molecule has 28 heavy (non-hydrogen) atoms. The third-order valence-corrected chi connectivity index (χ3v) is 4.38. The second kappa shape index (κ2) is 8.03. The van der Waals surface area contributed by atoms with Gasteiger partial charge in [-0.1, -0.05) is 0 Å². The lowest BCUT2D eigenvalue weighted by atomic mass is 10.0. The molecule has 0 radical (unpaired) electrons. The van der Waals surface area contributed by atoms with Gasteiger partial charge in [0.25, 0.3) is 0 Å². The Bertz CT molecular complexity index is 860. The van der Waals surface area contributed by atoms with Crippen molar-refractivity contribution in [2.24, 2.45) is 0 Å². The number of nitrogens with two attached hydrogens (primary N) is 1. The van der Waals surface area contributed by atoms with Crippen LogP contribution in [0.5, 0.6) is 0 Å². The molecule has 3 N–H and O–H groups in total. The number of hydrogen-bond donors (Lipinski definition) is 2. The summed E-state index contributed by atoms with van der Waals surface area (Å²) in [6.45, 7) is 0.250. The zero-order valence-electron chi connectivity index (χ0n) is 14.6. The van der Waals surface area contributed by atoms with Gasteiger partial charge in [-0.3, -0.25) is 5.41 Å². The van der Waals surface area contributed by atoms with Crippen LogP contribution >= 0.6 is 0 Å². The lowest BCUT2D eigenvalue weighted by molar-refractivity contribution is -0.152. The predicted molar refractivity (Wildman–Crippen MR) is 92.6 cm³/mol. The first kappa shape index (κ1) is 19.9. The molecule has 1 saturated heterocycles. The summed E-state index contributed by atoms with van der Waals surface area (Å²) in [5.74, 6) is 0.430. The summed E-state index contributed by atoms with van der Waals surface area (Å²) in [5, 5.41) is 5.15. The molecule has 0 aliphatic carbocycles. The fourth-order valence-electron chi connectivity index (χ4n) is 3.00. The number of alkyl halides is 5. The molecule has 1 unspecified atom stereocenters. The van der Waals surface area contributed by atoms with Crippen molar-refractivity contribution in [2.45, 2.75) is 37.9 Å². The fourth-order valence-corrected chi connectivity index (χ4v) is 3.00. The van der Waals surface area contributed by atoms with Gasteiger partial charge in [0.05, 0.1) is 17.6 Å². The van der Waals surface area contributed by atoms with Gasteiger partial charge in [-0.05, 0) is 25.3 Å². The maximum absolute atomic E-state index is 13.3. The van der Waals surface area contributed by atoms with Gasteiger partial charge < -0.3 is 9.88 Å². The Hall–Kier alpha value is -2.85. The van der Waals surface area contributed by atoms with Crippen LogP contribution in [0.4, 0.5) is 27.8 Å². The highest BCUT2D eigenvalue weighted by atomic mass is 19.4. The number of halogens is 5. The Morgan fingerprint density at radius 3 is 2.75 bits per heavy atom. The van der Waals surface area contributed by atoms with Crippen molar-refractivity contribution in [3.05, 3.63) is 30.5 Å². The lowest BCUT2D eigenvalue weighted by Gasteiger charge is -2.37. The number of aromatic amines is 1. The van der Waals surface area contributed by atoms with E-state index < -0.39 is 24.4 Å². The Morgan fingerprint density at radius 2 is 2.04 bits per heavy atom. The maximum Gasteiger partial charge on any atom is 0.408 e. The van der Waals surface area contributed by atoms with Crippen molar-refractivity contribution < 1.29 is 27.4 Å². The third-order valence-electron chi connectivity index (χ3n) is 4.38. The molecule has 3 heterocycles. The molecule has 0 saturated carbocycles. The number of nitrogens with one attached hydrogen (secondary N) is 1. The summed E-state index contributed by atoms with van der Waals surface area (Å²) in [5.41, 5.74) is 0.152. The van der Waals surface area contributed by atoms with Crippen LogP contribution in [0.3, 0.4) is 0 Å². The molecule has 11 heteroatoms. The summed E-state index contributed by atoms with van der Waals surface area (Å²) in [6, 6.07) is -0.137. The van der Waals surface area contributed by atoms with Gasteiger partial charge >= 0.3 is 12.6 Å². The Labute approximate surface area is 157 Å². The Morgan fingerprint density at radius 1 is 1.25 bits per heavy atom. The van der Waals surface area contributed by atoms with E-state index in [4.69, 9.17) is 5.41 Å². The van der Waals surface area contributed by atoms with Crippen LogP contribution < -0.4 is 10.3 Å². The number of imidazole rings is 1. The molecule has 1 aliphatic heterocycles. The topological polar surface area (TPSA) is 83.3 Å². The van der Waals surface area contributed by atoms with Crippen LogP contribution in [0.1, 0.15) is 25.1 Å². The van der Waals surface area contributed by atoms with Crippen LogP contribution in [0.15, 0.2) is 24.7 Å². The summed E-state index contributed by atoms with van der Waals surface area (Å²) < 4.78 is 64.8. The zero-order chi connectivity index (χ0) is 20.3. The van der Waals surface area contributed by atoms with Gasteiger partial charge in [0.15, 0.2) is 0 Å². The highest BCUT2D eigenvalue weighted by molar-refractivity contribution is 5.95. The number of hydrogen-bond acceptors (Lipinski definition) is 4. The van der Waals surface area contributed by atoms with E-state index >= 15 is 0 Å². The molecule has 150 valence electrons. The Balaban J connectivity index is 1.83. The molecular formula is C17H18F5N6+. The molecular weight excluding hydrogens is 383 g/mol. The van der Waals surface area contributed by atoms with E-state index in [0.29, 0.717) is 24.2 Å². The summed E-state index contributed by atoms with van der Waals surface area (Å²) in [4.78, 5) is 16.2. The first-order chi connectivity index (χ1) is 13.3. The minimum atomic E-state index is -4.35. The second-order valence-electron chi connectivity index (χ2n) is 6.32. The van der Waals surface area contributed by atoms with Gasteiger partial charge in [-0.25, -0.2) is 15.0 Å². The van der Waals surface area contributed by atoms with Crippen molar-refractivity contribution in [2.75, 3.05) is 11.4 Å². The van der Waals surface area contributed by atoms with E-state index in [1.165, 1.54) is 29.6 Å². The smallest absolute Gasteiger partial charge is 0.344 e. The molecule has 3 rings (SSSR count). The van der Waals surface area contributed by atoms with Gasteiger partial charge in [0.1, 0.15) is 24.0 Å². The third kappa shape index (κ3) is 4.52. The zero-order valence-corrected chi connectivity index (χ0v) is 14.6. The van der Waals surface area contributed by atoms with Gasteiger partial charge in [-0.2, -0.15) is 22.0 Å². The van der Waals surface area contributed by atoms with Crippen LogP contribution in [0, 0.1) is 0 Å². The largest absolute Gasteiger partial charge is 0.408 e. The number of aromatic nitrogens is 4. The van der Waals surface area contributed by atoms with Crippen molar-refractivity contribution in [1.82, 2.24) is 19.9 Å². The average molecular weight is 401 g/mol. The molecule has 6 nitrogen and oxygen atoms in total. The van der Waals surface area contributed by atoms with Gasteiger partial charge in [-0.15, -0.1) is 0 Å². The second-order valence-corrected chi connectivity index (χ2v) is 6.32. The van der Waals surface area contributed by atoms with E-state index in [1.54, 1.807) is 0 Å². The molecule has 1 aliphatic rings. The van der Waals surface area contributed by atoms with Crippen molar-refractivity contribution in [3.63, 3.8) is 0 Å². The van der Waals surface area contributed by atoms with Crippen LogP contribution in [0.2, 0.25) is 0 Å². The molecule has 1 fully saturated rings. The monoisotopic (exact) mass is 401 g/mol. The molecule has 2 aromatic rings. The van der Waals surface area contributed by atoms with Crippen LogP contribution in [-0.2, 0) is 0 Å². The number of nitrogens with zero attached hydrogens (tertiary/aromatic N) is 4. The van der Waals surface area contributed by atoms with Crippen LogP contribution in [-0.4, -0.2) is 50.8 Å². The van der Waals surface area contributed by atoms with E-state index in [1.807, 2.05) is 0 Å². The highest BCUT2D eigenvalue weighted by Crippen LogP contribution is 2.34. The SMILES string of the molecule is [NH2+]=C(/C=C\c1ncc(-c2cc(N3CCCCC3C(F)(F)F)ncn2)[nH]1)C(F)F. The molecule has 1 atom stereocenters. The minimum Gasteiger partial charge on any atom is -0.344 e. The number of rotatable bonds is 5.